The van der Waals surface area contributed by atoms with E-state index >= 15 is 0 Å². The van der Waals surface area contributed by atoms with E-state index in [1.54, 1.807) is 24.5 Å². The van der Waals surface area contributed by atoms with Crippen molar-refractivity contribution in [2.24, 2.45) is 4.99 Å². The first-order valence-corrected chi connectivity index (χ1v) is 9.28. The molecule has 5 heteroatoms. The number of carbonyl (C=O) groups excluding carboxylic acids is 1. The van der Waals surface area contributed by atoms with Crippen LogP contribution in [-0.2, 0) is 6.54 Å². The fraction of sp³-hybridized carbons (Fsp3) is 0.174. The molecule has 0 saturated heterocycles. The summed E-state index contributed by atoms with van der Waals surface area (Å²) in [6.45, 7) is 4.72. The summed E-state index contributed by atoms with van der Waals surface area (Å²) in [7, 11) is 0. The summed E-state index contributed by atoms with van der Waals surface area (Å²) < 4.78 is 0. The lowest BCUT2D eigenvalue weighted by Gasteiger charge is -2.13. The first-order chi connectivity index (χ1) is 13.6. The fourth-order valence-corrected chi connectivity index (χ4v) is 2.63. The van der Waals surface area contributed by atoms with Crippen LogP contribution in [0.1, 0.15) is 41.3 Å². The number of amides is 1. The van der Waals surface area contributed by atoms with Crippen molar-refractivity contribution in [1.82, 2.24) is 10.3 Å². The molecule has 2 N–H and O–H groups in total. The van der Waals surface area contributed by atoms with Gasteiger partial charge in [0.15, 0.2) is 0 Å². The van der Waals surface area contributed by atoms with Gasteiger partial charge in [0.1, 0.15) is 0 Å². The standard InChI is InChI=1S/C23H24N4O/c1-17(2)19-10-12-21(13-11-19)26-23(25-16-18-7-6-14-24-15-18)27-22(28)20-8-4-3-5-9-20/h3-15,17H,16H2,1-2H3,(H2,25,26,27,28). The van der Waals surface area contributed by atoms with E-state index in [4.69, 9.17) is 0 Å². The third-order valence-corrected chi connectivity index (χ3v) is 4.25. The van der Waals surface area contributed by atoms with Crippen LogP contribution in [0.3, 0.4) is 0 Å². The molecule has 3 rings (SSSR count). The lowest BCUT2D eigenvalue weighted by Crippen LogP contribution is -2.36. The van der Waals surface area contributed by atoms with Crippen LogP contribution in [0.5, 0.6) is 0 Å². The maximum atomic E-state index is 12.6. The van der Waals surface area contributed by atoms with Gasteiger partial charge in [-0.2, -0.15) is 0 Å². The van der Waals surface area contributed by atoms with E-state index < -0.39 is 0 Å². The molecule has 0 bridgehead atoms. The number of anilines is 1. The largest absolute Gasteiger partial charge is 0.326 e. The van der Waals surface area contributed by atoms with Crippen LogP contribution in [0, 0.1) is 0 Å². The van der Waals surface area contributed by atoms with Crippen LogP contribution in [0.15, 0.2) is 84.1 Å². The van der Waals surface area contributed by atoms with Crippen molar-refractivity contribution in [1.29, 1.82) is 0 Å². The van der Waals surface area contributed by atoms with Gasteiger partial charge in [0.25, 0.3) is 5.91 Å². The van der Waals surface area contributed by atoms with Crippen LogP contribution in [0.2, 0.25) is 0 Å². The molecule has 0 spiro atoms. The molecule has 0 aliphatic heterocycles. The van der Waals surface area contributed by atoms with E-state index in [1.807, 2.05) is 42.5 Å². The molecule has 0 fully saturated rings. The van der Waals surface area contributed by atoms with E-state index in [9.17, 15) is 4.79 Å². The number of aliphatic imine (C=N–C) groups is 1. The van der Waals surface area contributed by atoms with Gasteiger partial charge >= 0.3 is 0 Å². The lowest BCUT2D eigenvalue weighted by atomic mass is 10.0. The molecule has 1 heterocycles. The zero-order valence-corrected chi connectivity index (χ0v) is 16.1. The number of nitrogens with one attached hydrogen (secondary N) is 2. The first-order valence-electron chi connectivity index (χ1n) is 9.28. The highest BCUT2D eigenvalue weighted by molar-refractivity contribution is 6.09. The second-order valence-corrected chi connectivity index (χ2v) is 6.75. The molecule has 142 valence electrons. The molecule has 28 heavy (non-hydrogen) atoms. The van der Waals surface area contributed by atoms with Crippen molar-refractivity contribution in [3.05, 3.63) is 95.8 Å². The number of benzene rings is 2. The number of hydrogen-bond acceptors (Lipinski definition) is 3. The smallest absolute Gasteiger partial charge is 0.257 e. The Balaban J connectivity index is 1.78. The second kappa shape index (κ2) is 9.46. The van der Waals surface area contributed by atoms with Gasteiger partial charge in [-0.1, -0.05) is 50.2 Å². The van der Waals surface area contributed by atoms with Crippen LogP contribution in [0.4, 0.5) is 5.69 Å². The third kappa shape index (κ3) is 5.51. The summed E-state index contributed by atoms with van der Waals surface area (Å²) in [5, 5.41) is 6.08. The molecular weight excluding hydrogens is 348 g/mol. The van der Waals surface area contributed by atoms with E-state index in [0.717, 1.165) is 11.3 Å². The molecule has 0 unspecified atom stereocenters. The monoisotopic (exact) mass is 372 g/mol. The normalized spacial score (nSPS) is 11.3. The second-order valence-electron chi connectivity index (χ2n) is 6.75. The van der Waals surface area contributed by atoms with Crippen LogP contribution < -0.4 is 10.6 Å². The average Bonchev–Trinajstić information content (AvgIpc) is 2.73. The summed E-state index contributed by atoms with van der Waals surface area (Å²) in [5.41, 5.74) is 3.66. The van der Waals surface area contributed by atoms with Gasteiger partial charge in [-0.25, -0.2) is 4.99 Å². The number of pyridine rings is 1. The van der Waals surface area contributed by atoms with E-state index in [2.05, 4.69) is 46.6 Å². The first kappa shape index (κ1) is 19.3. The molecule has 0 atom stereocenters. The Bertz CT molecular complexity index is 920. The van der Waals surface area contributed by atoms with Gasteiger partial charge in [-0.3, -0.25) is 15.1 Å². The topological polar surface area (TPSA) is 66.4 Å². The van der Waals surface area contributed by atoms with Gasteiger partial charge in [0.2, 0.25) is 5.96 Å². The fourth-order valence-electron chi connectivity index (χ4n) is 2.63. The van der Waals surface area contributed by atoms with Gasteiger partial charge in [-0.05, 0) is 47.4 Å². The Hall–Kier alpha value is -3.47. The highest BCUT2D eigenvalue weighted by Gasteiger charge is 2.09. The van der Waals surface area contributed by atoms with Crippen molar-refractivity contribution >= 4 is 17.6 Å². The van der Waals surface area contributed by atoms with Crippen molar-refractivity contribution in [2.45, 2.75) is 26.3 Å². The van der Waals surface area contributed by atoms with Crippen molar-refractivity contribution in [3.63, 3.8) is 0 Å². The van der Waals surface area contributed by atoms with Crippen molar-refractivity contribution in [3.8, 4) is 0 Å². The van der Waals surface area contributed by atoms with Crippen LogP contribution >= 0.6 is 0 Å². The maximum absolute atomic E-state index is 12.6. The van der Waals surface area contributed by atoms with Crippen molar-refractivity contribution < 1.29 is 4.79 Å². The molecular formula is C23H24N4O. The summed E-state index contributed by atoms with van der Waals surface area (Å²) in [4.78, 5) is 21.2. The number of aromatic nitrogens is 1. The molecule has 5 nitrogen and oxygen atoms in total. The van der Waals surface area contributed by atoms with Crippen LogP contribution in [0.25, 0.3) is 0 Å². The van der Waals surface area contributed by atoms with Gasteiger partial charge in [0, 0.05) is 23.6 Å². The molecule has 0 saturated carbocycles. The predicted octanol–water partition coefficient (Wildman–Crippen LogP) is 4.60. The van der Waals surface area contributed by atoms with Crippen molar-refractivity contribution in [2.75, 3.05) is 5.32 Å². The Labute approximate surface area is 165 Å². The number of rotatable bonds is 5. The number of guanidine groups is 1. The Morgan fingerprint density at radius 1 is 1.00 bits per heavy atom. The quantitative estimate of drug-likeness (QED) is 0.508. The molecule has 0 radical (unpaired) electrons. The molecule has 0 aliphatic carbocycles. The Morgan fingerprint density at radius 3 is 2.39 bits per heavy atom. The SMILES string of the molecule is CC(C)c1ccc(NC(=NCc2cccnc2)NC(=O)c2ccccc2)cc1. The molecule has 0 aliphatic rings. The van der Waals surface area contributed by atoms with E-state index in [-0.39, 0.29) is 5.91 Å². The van der Waals surface area contributed by atoms with E-state index in [1.165, 1.54) is 5.56 Å². The third-order valence-electron chi connectivity index (χ3n) is 4.25. The molecule has 1 aromatic heterocycles. The van der Waals surface area contributed by atoms with Crippen LogP contribution in [-0.4, -0.2) is 16.9 Å². The summed E-state index contributed by atoms with van der Waals surface area (Å²) in [6.07, 6.45) is 3.48. The number of nitrogens with zero attached hydrogens (tertiary/aromatic N) is 2. The summed E-state index contributed by atoms with van der Waals surface area (Å²) in [5.74, 6) is 0.650. The highest BCUT2D eigenvalue weighted by Crippen LogP contribution is 2.17. The summed E-state index contributed by atoms with van der Waals surface area (Å²) >= 11 is 0. The molecule has 2 aromatic carbocycles. The molecule has 3 aromatic rings. The predicted molar refractivity (Wildman–Crippen MR) is 113 cm³/mol. The minimum Gasteiger partial charge on any atom is -0.326 e. The zero-order chi connectivity index (χ0) is 19.8. The Kier molecular flexibility index (Phi) is 6.52. The minimum absolute atomic E-state index is 0.211. The minimum atomic E-state index is -0.211. The summed E-state index contributed by atoms with van der Waals surface area (Å²) in [6, 6.07) is 21.0. The van der Waals surface area contributed by atoms with Gasteiger partial charge in [-0.15, -0.1) is 0 Å². The average molecular weight is 372 g/mol. The Morgan fingerprint density at radius 2 is 1.75 bits per heavy atom. The molecule has 1 amide bonds. The van der Waals surface area contributed by atoms with Gasteiger partial charge < -0.3 is 5.32 Å². The van der Waals surface area contributed by atoms with Gasteiger partial charge in [0.05, 0.1) is 6.54 Å². The van der Waals surface area contributed by atoms with E-state index in [0.29, 0.717) is 24.0 Å². The number of carbonyl (C=O) groups is 1. The number of hydrogen-bond donors (Lipinski definition) is 2. The maximum Gasteiger partial charge on any atom is 0.257 e. The highest BCUT2D eigenvalue weighted by atomic mass is 16.1. The lowest BCUT2D eigenvalue weighted by molar-refractivity contribution is 0.0977. The zero-order valence-electron chi connectivity index (χ0n) is 16.1.